The van der Waals surface area contributed by atoms with Gasteiger partial charge in [-0.3, -0.25) is 11.3 Å². The summed E-state index contributed by atoms with van der Waals surface area (Å²) in [7, 11) is 0. The summed E-state index contributed by atoms with van der Waals surface area (Å²) in [6.45, 7) is 2.58. The van der Waals surface area contributed by atoms with Gasteiger partial charge in [-0.2, -0.15) is 0 Å². The predicted molar refractivity (Wildman–Crippen MR) is 78.6 cm³/mol. The molecular formula is C16H24N2O2. The van der Waals surface area contributed by atoms with Crippen LogP contribution in [0.4, 0.5) is 0 Å². The zero-order valence-electron chi connectivity index (χ0n) is 11.9. The normalized spacial score (nSPS) is 20.4. The molecule has 1 saturated heterocycles. The standard InChI is InChI=1S/C16H24N2O2/c17-18-15(13-5-8-19-9-6-13)3-1-12-2-4-16-14(11-12)7-10-20-16/h2,4,11,13,15,18H,1,3,5-10,17H2. The van der Waals surface area contributed by atoms with E-state index in [1.165, 1.54) is 11.1 Å². The van der Waals surface area contributed by atoms with Gasteiger partial charge in [0.15, 0.2) is 0 Å². The van der Waals surface area contributed by atoms with Crippen molar-refractivity contribution in [3.8, 4) is 5.75 Å². The molecule has 3 N–H and O–H groups in total. The topological polar surface area (TPSA) is 56.5 Å². The van der Waals surface area contributed by atoms with E-state index in [0.29, 0.717) is 12.0 Å². The summed E-state index contributed by atoms with van der Waals surface area (Å²) >= 11 is 0. The van der Waals surface area contributed by atoms with Crippen LogP contribution >= 0.6 is 0 Å². The summed E-state index contributed by atoms with van der Waals surface area (Å²) in [4.78, 5) is 0. The average molecular weight is 276 g/mol. The number of nitrogens with one attached hydrogen (secondary N) is 1. The molecule has 2 aliphatic heterocycles. The summed E-state index contributed by atoms with van der Waals surface area (Å²) in [6, 6.07) is 6.97. The molecule has 2 aliphatic rings. The van der Waals surface area contributed by atoms with E-state index >= 15 is 0 Å². The van der Waals surface area contributed by atoms with E-state index in [1.54, 1.807) is 0 Å². The lowest BCUT2D eigenvalue weighted by atomic mass is 9.88. The highest BCUT2D eigenvalue weighted by atomic mass is 16.5. The van der Waals surface area contributed by atoms with E-state index in [2.05, 4.69) is 23.6 Å². The lowest BCUT2D eigenvalue weighted by Gasteiger charge is -2.29. The van der Waals surface area contributed by atoms with Crippen LogP contribution in [0.3, 0.4) is 0 Å². The molecule has 4 heteroatoms. The SMILES string of the molecule is NNC(CCc1ccc2c(c1)CCO2)C1CCOCC1. The van der Waals surface area contributed by atoms with Crippen molar-refractivity contribution in [2.24, 2.45) is 11.8 Å². The first-order valence-electron chi connectivity index (χ1n) is 7.65. The minimum atomic E-state index is 0.392. The van der Waals surface area contributed by atoms with Crippen LogP contribution in [-0.4, -0.2) is 25.9 Å². The van der Waals surface area contributed by atoms with Crippen molar-refractivity contribution >= 4 is 0 Å². The van der Waals surface area contributed by atoms with Gasteiger partial charge in [0, 0.05) is 25.7 Å². The first-order valence-corrected chi connectivity index (χ1v) is 7.65. The van der Waals surface area contributed by atoms with Gasteiger partial charge in [0.05, 0.1) is 6.61 Å². The van der Waals surface area contributed by atoms with E-state index in [9.17, 15) is 0 Å². The average Bonchev–Trinajstić information content (AvgIpc) is 2.96. The number of fused-ring (bicyclic) bond motifs is 1. The molecule has 3 rings (SSSR count). The quantitative estimate of drug-likeness (QED) is 0.636. The summed E-state index contributed by atoms with van der Waals surface area (Å²) in [5.41, 5.74) is 5.76. The second-order valence-electron chi connectivity index (χ2n) is 5.80. The molecular weight excluding hydrogens is 252 g/mol. The maximum Gasteiger partial charge on any atom is 0.122 e. The maximum absolute atomic E-state index is 5.75. The Hall–Kier alpha value is -1.10. The molecule has 1 unspecified atom stereocenters. The molecule has 1 fully saturated rings. The van der Waals surface area contributed by atoms with Gasteiger partial charge in [0.1, 0.15) is 5.75 Å². The largest absolute Gasteiger partial charge is 0.493 e. The molecule has 1 aromatic carbocycles. The Kier molecular flexibility index (Phi) is 4.55. The Morgan fingerprint density at radius 3 is 2.90 bits per heavy atom. The lowest BCUT2D eigenvalue weighted by molar-refractivity contribution is 0.0526. The Bertz CT molecular complexity index is 444. The van der Waals surface area contributed by atoms with Crippen molar-refractivity contribution in [3.05, 3.63) is 29.3 Å². The number of aryl methyl sites for hydroxylation is 1. The molecule has 1 atom stereocenters. The van der Waals surface area contributed by atoms with E-state index < -0.39 is 0 Å². The van der Waals surface area contributed by atoms with Crippen molar-refractivity contribution in [1.82, 2.24) is 5.43 Å². The van der Waals surface area contributed by atoms with Crippen LogP contribution in [0.15, 0.2) is 18.2 Å². The number of rotatable bonds is 5. The number of benzene rings is 1. The fraction of sp³-hybridized carbons (Fsp3) is 0.625. The third-order valence-corrected chi connectivity index (χ3v) is 4.55. The monoisotopic (exact) mass is 276 g/mol. The summed E-state index contributed by atoms with van der Waals surface area (Å²) in [6.07, 6.45) is 5.43. The maximum atomic E-state index is 5.75. The van der Waals surface area contributed by atoms with Gasteiger partial charge in [-0.05, 0) is 48.8 Å². The van der Waals surface area contributed by atoms with Crippen LogP contribution in [0.25, 0.3) is 0 Å². The second kappa shape index (κ2) is 6.57. The third-order valence-electron chi connectivity index (χ3n) is 4.55. The first-order chi connectivity index (χ1) is 9.86. The van der Waals surface area contributed by atoms with Gasteiger partial charge in [-0.1, -0.05) is 12.1 Å². The first kappa shape index (κ1) is 13.9. The van der Waals surface area contributed by atoms with Crippen LogP contribution in [-0.2, 0) is 17.6 Å². The molecule has 0 spiro atoms. The van der Waals surface area contributed by atoms with Crippen LogP contribution in [0.5, 0.6) is 5.75 Å². The summed E-state index contributed by atoms with van der Waals surface area (Å²) in [5, 5.41) is 0. The zero-order chi connectivity index (χ0) is 13.8. The minimum Gasteiger partial charge on any atom is -0.493 e. The van der Waals surface area contributed by atoms with E-state index in [-0.39, 0.29) is 0 Å². The summed E-state index contributed by atoms with van der Waals surface area (Å²) < 4.78 is 11.0. The van der Waals surface area contributed by atoms with Crippen LogP contribution in [0, 0.1) is 5.92 Å². The van der Waals surface area contributed by atoms with Crippen LogP contribution < -0.4 is 16.0 Å². The van der Waals surface area contributed by atoms with Gasteiger partial charge >= 0.3 is 0 Å². The van der Waals surface area contributed by atoms with Gasteiger partial charge in [0.2, 0.25) is 0 Å². The molecule has 0 aromatic heterocycles. The second-order valence-corrected chi connectivity index (χ2v) is 5.80. The molecule has 0 saturated carbocycles. The molecule has 4 nitrogen and oxygen atoms in total. The number of hydrogen-bond acceptors (Lipinski definition) is 4. The highest BCUT2D eigenvalue weighted by Crippen LogP contribution is 2.27. The number of ether oxygens (including phenoxy) is 2. The van der Waals surface area contributed by atoms with Crippen molar-refractivity contribution < 1.29 is 9.47 Å². The fourth-order valence-corrected chi connectivity index (χ4v) is 3.29. The third kappa shape index (κ3) is 3.14. The van der Waals surface area contributed by atoms with E-state index in [1.807, 2.05) is 0 Å². The Labute approximate surface area is 120 Å². The number of hydrogen-bond donors (Lipinski definition) is 2. The molecule has 110 valence electrons. The van der Waals surface area contributed by atoms with E-state index in [4.69, 9.17) is 15.3 Å². The number of nitrogens with two attached hydrogens (primary N) is 1. The lowest BCUT2D eigenvalue weighted by Crippen LogP contribution is -2.43. The fourth-order valence-electron chi connectivity index (χ4n) is 3.29. The molecule has 2 heterocycles. The Balaban J connectivity index is 1.57. The molecule has 0 aliphatic carbocycles. The zero-order valence-corrected chi connectivity index (χ0v) is 11.9. The van der Waals surface area contributed by atoms with Crippen molar-refractivity contribution in [2.75, 3.05) is 19.8 Å². The summed E-state index contributed by atoms with van der Waals surface area (Å²) in [5.74, 6) is 7.45. The van der Waals surface area contributed by atoms with Crippen LogP contribution in [0.1, 0.15) is 30.4 Å². The van der Waals surface area contributed by atoms with Crippen molar-refractivity contribution in [3.63, 3.8) is 0 Å². The smallest absolute Gasteiger partial charge is 0.122 e. The van der Waals surface area contributed by atoms with Gasteiger partial charge in [0.25, 0.3) is 0 Å². The molecule has 0 amide bonds. The molecule has 1 aromatic rings. The van der Waals surface area contributed by atoms with Crippen LogP contribution in [0.2, 0.25) is 0 Å². The highest BCUT2D eigenvalue weighted by Gasteiger charge is 2.23. The van der Waals surface area contributed by atoms with E-state index in [0.717, 1.165) is 57.7 Å². The number of hydrazine groups is 1. The molecule has 0 bridgehead atoms. The highest BCUT2D eigenvalue weighted by molar-refractivity contribution is 5.39. The van der Waals surface area contributed by atoms with Gasteiger partial charge < -0.3 is 9.47 Å². The van der Waals surface area contributed by atoms with Crippen molar-refractivity contribution in [2.45, 2.75) is 38.1 Å². The van der Waals surface area contributed by atoms with Crippen molar-refractivity contribution in [1.29, 1.82) is 0 Å². The van der Waals surface area contributed by atoms with Gasteiger partial charge in [-0.25, -0.2) is 0 Å². The molecule has 0 radical (unpaired) electrons. The Morgan fingerprint density at radius 2 is 2.10 bits per heavy atom. The molecule has 20 heavy (non-hydrogen) atoms. The predicted octanol–water partition coefficient (Wildman–Crippen LogP) is 1.81. The minimum absolute atomic E-state index is 0.392. The van der Waals surface area contributed by atoms with Gasteiger partial charge in [-0.15, -0.1) is 0 Å². The Morgan fingerprint density at radius 1 is 1.25 bits per heavy atom.